The molecular formula is C22H22O4. The van der Waals surface area contributed by atoms with Crippen LogP contribution in [0.15, 0.2) is 84.4 Å². The van der Waals surface area contributed by atoms with Gasteiger partial charge in [0.25, 0.3) is 0 Å². The molecule has 0 saturated heterocycles. The number of allylic oxidation sites excluding steroid dienone is 4. The Morgan fingerprint density at radius 2 is 1.58 bits per heavy atom. The Morgan fingerprint density at radius 3 is 2.19 bits per heavy atom. The van der Waals surface area contributed by atoms with Crippen molar-refractivity contribution in [1.29, 1.82) is 0 Å². The second kappa shape index (κ2) is 8.30. The lowest BCUT2D eigenvalue weighted by Crippen LogP contribution is -2.02. The minimum absolute atomic E-state index is 0.391. The quantitative estimate of drug-likeness (QED) is 0.686. The maximum atomic E-state index is 9.42. The molecule has 1 aliphatic rings. The maximum Gasteiger partial charge on any atom is 0.127 e. The highest BCUT2D eigenvalue weighted by Crippen LogP contribution is 2.25. The summed E-state index contributed by atoms with van der Waals surface area (Å²) in [6, 6.07) is 15.2. The molecule has 1 aliphatic carbocycles. The van der Waals surface area contributed by atoms with Gasteiger partial charge in [0.1, 0.15) is 29.6 Å². The molecule has 0 amide bonds. The lowest BCUT2D eigenvalue weighted by atomic mass is 10.0. The molecule has 3 rings (SSSR count). The Kier molecular flexibility index (Phi) is 5.64. The van der Waals surface area contributed by atoms with E-state index < -0.39 is 0 Å². The summed E-state index contributed by atoms with van der Waals surface area (Å²) in [5.41, 5.74) is 2.04. The van der Waals surface area contributed by atoms with Crippen molar-refractivity contribution in [2.75, 3.05) is 7.11 Å². The number of hydrogen-bond donors (Lipinski definition) is 1. The zero-order valence-corrected chi connectivity index (χ0v) is 14.8. The Hall–Kier alpha value is -3.14. The fourth-order valence-corrected chi connectivity index (χ4v) is 2.56. The lowest BCUT2D eigenvalue weighted by Gasteiger charge is -2.15. The smallest absolute Gasteiger partial charge is 0.127 e. The van der Waals surface area contributed by atoms with Gasteiger partial charge in [-0.25, -0.2) is 0 Å². The summed E-state index contributed by atoms with van der Waals surface area (Å²) in [4.78, 5) is 0. The largest absolute Gasteiger partial charge is 0.512 e. The van der Waals surface area contributed by atoms with Gasteiger partial charge in [-0.3, -0.25) is 0 Å². The molecule has 0 fully saturated rings. The van der Waals surface area contributed by atoms with Crippen molar-refractivity contribution in [2.24, 2.45) is 0 Å². The molecule has 0 aliphatic heterocycles. The normalized spacial score (nSPS) is 13.4. The molecule has 4 heteroatoms. The highest BCUT2D eigenvalue weighted by molar-refractivity contribution is 5.36. The highest BCUT2D eigenvalue weighted by atomic mass is 16.5. The molecule has 134 valence electrons. The maximum absolute atomic E-state index is 9.42. The van der Waals surface area contributed by atoms with Crippen LogP contribution in [-0.4, -0.2) is 12.2 Å². The molecule has 0 saturated carbocycles. The molecule has 2 aromatic rings. The Balaban J connectivity index is 1.53. The Morgan fingerprint density at radius 1 is 0.923 bits per heavy atom. The van der Waals surface area contributed by atoms with Crippen LogP contribution in [0.4, 0.5) is 0 Å². The topological polar surface area (TPSA) is 47.9 Å². The van der Waals surface area contributed by atoms with Crippen LogP contribution in [0, 0.1) is 0 Å². The van der Waals surface area contributed by atoms with Gasteiger partial charge in [0, 0.05) is 6.42 Å². The number of ether oxygens (including phenoxy) is 3. The number of aliphatic hydroxyl groups excluding tert-OH is 1. The summed E-state index contributed by atoms with van der Waals surface area (Å²) in [6.45, 7) is 4.45. The average Bonchev–Trinajstić information content (AvgIpc) is 2.68. The van der Waals surface area contributed by atoms with Gasteiger partial charge in [0.05, 0.1) is 12.9 Å². The SMILES string of the molecule is C=C(Oc1ccc(COc2ccc(OC)cc2)cc1)C1=CC=C(O)CC1. The monoisotopic (exact) mass is 350 g/mol. The fourth-order valence-electron chi connectivity index (χ4n) is 2.56. The lowest BCUT2D eigenvalue weighted by molar-refractivity contribution is 0.305. The van der Waals surface area contributed by atoms with Crippen molar-refractivity contribution >= 4 is 0 Å². The second-order valence-electron chi connectivity index (χ2n) is 5.98. The van der Waals surface area contributed by atoms with Crippen molar-refractivity contribution in [1.82, 2.24) is 0 Å². The molecule has 4 nitrogen and oxygen atoms in total. The van der Waals surface area contributed by atoms with E-state index in [9.17, 15) is 5.11 Å². The first-order chi connectivity index (χ1) is 12.6. The minimum atomic E-state index is 0.391. The molecule has 0 aromatic heterocycles. The summed E-state index contributed by atoms with van der Waals surface area (Å²) < 4.78 is 16.7. The summed E-state index contributed by atoms with van der Waals surface area (Å²) in [5.74, 6) is 3.32. The van der Waals surface area contributed by atoms with E-state index in [2.05, 4.69) is 6.58 Å². The molecule has 2 aromatic carbocycles. The number of rotatable bonds is 7. The fraction of sp³-hybridized carbons (Fsp3) is 0.182. The van der Waals surface area contributed by atoms with E-state index in [1.807, 2.05) is 54.6 Å². The van der Waals surface area contributed by atoms with Gasteiger partial charge in [0.15, 0.2) is 0 Å². The first-order valence-electron chi connectivity index (χ1n) is 8.45. The molecule has 0 heterocycles. The van der Waals surface area contributed by atoms with Crippen LogP contribution in [-0.2, 0) is 6.61 Å². The summed E-state index contributed by atoms with van der Waals surface area (Å²) in [7, 11) is 1.64. The summed E-state index contributed by atoms with van der Waals surface area (Å²) >= 11 is 0. The molecule has 0 unspecified atom stereocenters. The summed E-state index contributed by atoms with van der Waals surface area (Å²) in [5, 5.41) is 9.42. The summed E-state index contributed by atoms with van der Waals surface area (Å²) in [6.07, 6.45) is 4.88. The van der Waals surface area contributed by atoms with Crippen molar-refractivity contribution in [3.05, 3.63) is 89.9 Å². The molecule has 0 bridgehead atoms. The molecule has 1 N–H and O–H groups in total. The van der Waals surface area contributed by atoms with Crippen LogP contribution >= 0.6 is 0 Å². The predicted octanol–water partition coefficient (Wildman–Crippen LogP) is 5.33. The first kappa shape index (κ1) is 17.7. The van der Waals surface area contributed by atoms with Gasteiger partial charge in [-0.15, -0.1) is 0 Å². The number of aliphatic hydroxyl groups is 1. The van der Waals surface area contributed by atoms with E-state index in [0.29, 0.717) is 24.5 Å². The zero-order valence-electron chi connectivity index (χ0n) is 14.8. The predicted molar refractivity (Wildman–Crippen MR) is 102 cm³/mol. The van der Waals surface area contributed by atoms with Crippen LogP contribution < -0.4 is 14.2 Å². The van der Waals surface area contributed by atoms with Crippen LogP contribution in [0.2, 0.25) is 0 Å². The first-order valence-corrected chi connectivity index (χ1v) is 8.45. The van der Waals surface area contributed by atoms with Crippen molar-refractivity contribution in [3.8, 4) is 17.2 Å². The highest BCUT2D eigenvalue weighted by Gasteiger charge is 2.10. The third-order valence-electron chi connectivity index (χ3n) is 4.11. The second-order valence-corrected chi connectivity index (χ2v) is 5.98. The Labute approximate surface area is 153 Å². The van der Waals surface area contributed by atoms with E-state index in [0.717, 1.165) is 34.8 Å². The van der Waals surface area contributed by atoms with Gasteiger partial charge >= 0.3 is 0 Å². The molecule has 0 atom stereocenters. The molecule has 0 radical (unpaired) electrons. The van der Waals surface area contributed by atoms with Gasteiger partial charge < -0.3 is 19.3 Å². The number of hydrogen-bond acceptors (Lipinski definition) is 4. The van der Waals surface area contributed by atoms with Crippen molar-refractivity contribution < 1.29 is 19.3 Å². The third-order valence-corrected chi connectivity index (χ3v) is 4.11. The van der Waals surface area contributed by atoms with Crippen molar-refractivity contribution in [3.63, 3.8) is 0 Å². The third kappa shape index (κ3) is 4.70. The van der Waals surface area contributed by atoms with Gasteiger partial charge in [-0.2, -0.15) is 0 Å². The van der Waals surface area contributed by atoms with Crippen LogP contribution in [0.1, 0.15) is 18.4 Å². The van der Waals surface area contributed by atoms with E-state index in [4.69, 9.17) is 14.2 Å². The average molecular weight is 350 g/mol. The van der Waals surface area contributed by atoms with Gasteiger partial charge in [-0.05, 0) is 60.0 Å². The van der Waals surface area contributed by atoms with Crippen LogP contribution in [0.5, 0.6) is 17.2 Å². The molecule has 0 spiro atoms. The van der Waals surface area contributed by atoms with E-state index >= 15 is 0 Å². The van der Waals surface area contributed by atoms with E-state index in [-0.39, 0.29) is 0 Å². The van der Waals surface area contributed by atoms with E-state index in [1.54, 1.807) is 13.2 Å². The standard InChI is InChI=1S/C22H22O4/c1-16(18-5-7-19(23)8-6-18)26-22-9-3-17(4-10-22)15-25-21-13-11-20(24-2)12-14-21/h3-5,7,9-14,23H,1,6,8,15H2,2H3. The van der Waals surface area contributed by atoms with Gasteiger partial charge in [-0.1, -0.05) is 24.8 Å². The number of methoxy groups -OCH3 is 1. The molecular weight excluding hydrogens is 328 g/mol. The van der Waals surface area contributed by atoms with Crippen LogP contribution in [0.25, 0.3) is 0 Å². The van der Waals surface area contributed by atoms with Crippen LogP contribution in [0.3, 0.4) is 0 Å². The molecule has 26 heavy (non-hydrogen) atoms. The minimum Gasteiger partial charge on any atom is -0.512 e. The Bertz CT molecular complexity index is 814. The number of benzene rings is 2. The van der Waals surface area contributed by atoms with Gasteiger partial charge in [0.2, 0.25) is 0 Å². The van der Waals surface area contributed by atoms with E-state index in [1.165, 1.54) is 0 Å². The van der Waals surface area contributed by atoms with Crippen molar-refractivity contribution in [2.45, 2.75) is 19.4 Å². The zero-order chi connectivity index (χ0) is 18.4.